The number of hydrazone groups is 1. The molecule has 2 aliphatic carbocycles. The zero-order valence-corrected chi connectivity index (χ0v) is 29.8. The monoisotopic (exact) mass is 672 g/mol. The Morgan fingerprint density at radius 3 is 2.43 bits per heavy atom. The third-order valence-electron chi connectivity index (χ3n) is 12.7. The van der Waals surface area contributed by atoms with Crippen LogP contribution in [0.15, 0.2) is 88.4 Å². The van der Waals surface area contributed by atoms with Crippen LogP contribution in [-0.4, -0.2) is 45.8 Å². The van der Waals surface area contributed by atoms with E-state index in [2.05, 4.69) is 86.9 Å². The van der Waals surface area contributed by atoms with Gasteiger partial charge in [0.1, 0.15) is 11.5 Å². The molecule has 3 atom stereocenters. The fourth-order valence-electron chi connectivity index (χ4n) is 9.89. The Hall–Kier alpha value is -3.81. The molecular weight excluding hydrogens is 624 g/mol. The smallest absolute Gasteiger partial charge is 0.346 e. The number of halogens is 4. The first kappa shape index (κ1) is 33.7. The zero-order chi connectivity index (χ0) is 35.1. The van der Waals surface area contributed by atoms with Crippen LogP contribution in [0.3, 0.4) is 0 Å². The van der Waals surface area contributed by atoms with Crippen LogP contribution in [0.5, 0.6) is 0 Å². The lowest BCUT2D eigenvalue weighted by Gasteiger charge is -2.65. The second kappa shape index (κ2) is 11.6. The van der Waals surface area contributed by atoms with Crippen LogP contribution in [0.4, 0.5) is 17.6 Å². The number of unbranched alkanes of at least 4 members (excludes halogenated alkanes) is 1. The van der Waals surface area contributed by atoms with Crippen LogP contribution in [0.1, 0.15) is 102 Å². The Kier molecular flexibility index (Phi) is 7.99. The lowest BCUT2D eigenvalue weighted by molar-refractivity contribution is -0.0600. The van der Waals surface area contributed by atoms with Crippen molar-refractivity contribution in [3.8, 4) is 0 Å². The normalized spacial score (nSPS) is 29.4. The molecule has 1 aromatic rings. The minimum atomic E-state index is -4.48. The van der Waals surface area contributed by atoms with Crippen molar-refractivity contribution in [1.82, 2.24) is 14.8 Å². The van der Waals surface area contributed by atoms with Gasteiger partial charge in [-0.2, -0.15) is 18.3 Å². The van der Waals surface area contributed by atoms with E-state index in [9.17, 15) is 13.2 Å². The summed E-state index contributed by atoms with van der Waals surface area (Å²) in [5.74, 6) is -0.199. The first-order valence-corrected chi connectivity index (χ1v) is 18.0. The van der Waals surface area contributed by atoms with Crippen molar-refractivity contribution in [2.45, 2.75) is 104 Å². The Labute approximate surface area is 288 Å². The van der Waals surface area contributed by atoms with Gasteiger partial charge in [0, 0.05) is 65.8 Å². The molecule has 8 heteroatoms. The summed E-state index contributed by atoms with van der Waals surface area (Å²) in [5.41, 5.74) is 7.42. The molecule has 7 rings (SSSR count). The fraction of sp³-hybridized carbons (Fsp3) is 0.488. The number of hydrogen-bond donors (Lipinski definition) is 0. The first-order chi connectivity index (χ1) is 23.2. The summed E-state index contributed by atoms with van der Waals surface area (Å²) in [5, 5.41) is 5.22. The molecule has 0 radical (unpaired) electrons. The van der Waals surface area contributed by atoms with E-state index in [1.165, 1.54) is 27.3 Å². The molecule has 4 nitrogen and oxygen atoms in total. The van der Waals surface area contributed by atoms with Gasteiger partial charge in [-0.1, -0.05) is 65.3 Å². The number of allylic oxidation sites excluding steroid dienone is 9. The van der Waals surface area contributed by atoms with Gasteiger partial charge in [-0.25, -0.2) is 4.39 Å². The minimum Gasteiger partial charge on any atom is -0.346 e. The third kappa shape index (κ3) is 4.71. The number of nitrogens with zero attached hydrogens (tertiary/aromatic N) is 4. The topological polar surface area (TPSA) is 22.1 Å². The second-order valence-electron chi connectivity index (χ2n) is 15.2. The van der Waals surface area contributed by atoms with Crippen molar-refractivity contribution in [3.05, 3.63) is 106 Å². The van der Waals surface area contributed by atoms with Crippen LogP contribution in [0, 0.1) is 11.3 Å². The van der Waals surface area contributed by atoms with Gasteiger partial charge in [-0.05, 0) is 85.6 Å². The predicted molar refractivity (Wildman–Crippen MR) is 191 cm³/mol. The summed E-state index contributed by atoms with van der Waals surface area (Å²) in [6, 6.07) is 4.52. The molecule has 0 saturated carbocycles. The number of aryl methyl sites for hydroxylation is 1. The molecule has 260 valence electrons. The highest BCUT2D eigenvalue weighted by atomic mass is 19.4. The molecule has 0 bridgehead atoms. The molecule has 0 amide bonds. The maximum absolute atomic E-state index is 16.4. The highest BCUT2D eigenvalue weighted by molar-refractivity contribution is 5.93. The van der Waals surface area contributed by atoms with Gasteiger partial charge in [0.15, 0.2) is 0 Å². The molecule has 3 unspecified atom stereocenters. The SMILES string of the molecule is CCCCc1ccc2c3c1C=CN1C3=C3C(=C(F)C=CC3C(CC)(CCN3C=CC=CC3=C3CC(C(F)(F)F)=NN3C)C1(C)CC)C2(C)C. The lowest BCUT2D eigenvalue weighted by atomic mass is 9.48. The van der Waals surface area contributed by atoms with E-state index in [0.29, 0.717) is 12.2 Å². The van der Waals surface area contributed by atoms with Crippen molar-refractivity contribution >= 4 is 17.5 Å². The van der Waals surface area contributed by atoms with Crippen LogP contribution < -0.4 is 0 Å². The van der Waals surface area contributed by atoms with Gasteiger partial charge in [0.25, 0.3) is 0 Å². The van der Waals surface area contributed by atoms with Crippen molar-refractivity contribution in [2.24, 2.45) is 16.4 Å². The van der Waals surface area contributed by atoms with Crippen LogP contribution in [0.25, 0.3) is 11.8 Å². The van der Waals surface area contributed by atoms with E-state index in [4.69, 9.17) is 0 Å². The molecular formula is C41H48F4N4. The highest BCUT2D eigenvalue weighted by Crippen LogP contribution is 2.67. The van der Waals surface area contributed by atoms with Gasteiger partial charge < -0.3 is 9.80 Å². The third-order valence-corrected chi connectivity index (χ3v) is 12.7. The minimum absolute atomic E-state index is 0.0380. The average Bonchev–Trinajstić information content (AvgIpc) is 3.48. The number of hydrogen-bond acceptors (Lipinski definition) is 4. The second-order valence-corrected chi connectivity index (χ2v) is 15.2. The van der Waals surface area contributed by atoms with Crippen LogP contribution >= 0.6 is 0 Å². The summed E-state index contributed by atoms with van der Waals surface area (Å²) in [6.07, 6.45) is 17.0. The van der Waals surface area contributed by atoms with E-state index in [-0.39, 0.29) is 29.1 Å². The molecule has 0 fully saturated rings. The van der Waals surface area contributed by atoms with E-state index in [0.717, 1.165) is 61.1 Å². The standard InChI is InChI=1S/C41H48F4N4/c1-8-11-14-26-16-17-28-34-27(26)20-23-49-37(34)35-29(18-19-30(42)36(35)38(28,4)5)40(10-3,39(49,6)9-2)21-24-48-22-13-12-15-31(48)32-25-33(41(43,44)45)46-47(32)7/h12-13,15-20,22-23,29H,8-11,14,21,24-25H2,1-7H3. The maximum atomic E-state index is 16.4. The molecule has 0 saturated heterocycles. The Morgan fingerprint density at radius 1 is 0.980 bits per heavy atom. The Morgan fingerprint density at radius 2 is 1.76 bits per heavy atom. The molecule has 1 aromatic carbocycles. The summed E-state index contributed by atoms with van der Waals surface area (Å²) in [7, 11) is 1.59. The molecule has 4 heterocycles. The largest absolute Gasteiger partial charge is 0.431 e. The van der Waals surface area contributed by atoms with E-state index in [1.54, 1.807) is 13.1 Å². The molecule has 0 aromatic heterocycles. The van der Waals surface area contributed by atoms with Crippen molar-refractivity contribution in [1.29, 1.82) is 0 Å². The number of rotatable bonds is 8. The molecule has 4 aliphatic heterocycles. The van der Waals surface area contributed by atoms with Crippen molar-refractivity contribution in [3.63, 3.8) is 0 Å². The van der Waals surface area contributed by atoms with E-state index < -0.39 is 17.3 Å². The predicted octanol–water partition coefficient (Wildman–Crippen LogP) is 10.5. The number of benzene rings is 1. The van der Waals surface area contributed by atoms with Gasteiger partial charge in [-0.15, -0.1) is 0 Å². The van der Waals surface area contributed by atoms with Gasteiger partial charge >= 0.3 is 6.18 Å². The van der Waals surface area contributed by atoms with Gasteiger partial charge in [0.05, 0.1) is 17.1 Å². The summed E-state index contributed by atoms with van der Waals surface area (Å²) < 4.78 is 57.4. The molecule has 0 N–H and O–H groups in total. The van der Waals surface area contributed by atoms with E-state index in [1.807, 2.05) is 24.4 Å². The van der Waals surface area contributed by atoms with Crippen molar-refractivity contribution < 1.29 is 17.6 Å². The first-order valence-electron chi connectivity index (χ1n) is 18.0. The Balaban J connectivity index is 1.36. The highest BCUT2D eigenvalue weighted by Gasteiger charge is 2.62. The fourth-order valence-corrected chi connectivity index (χ4v) is 9.89. The molecule has 6 aliphatic rings. The molecule has 49 heavy (non-hydrogen) atoms. The summed E-state index contributed by atoms with van der Waals surface area (Å²) in [4.78, 5) is 4.57. The Bertz CT molecular complexity index is 1830. The summed E-state index contributed by atoms with van der Waals surface area (Å²) in [6.45, 7) is 14.0. The zero-order valence-electron chi connectivity index (χ0n) is 29.8. The quantitative estimate of drug-likeness (QED) is 0.257. The van der Waals surface area contributed by atoms with Gasteiger partial charge in [-0.3, -0.25) is 5.01 Å². The molecule has 0 spiro atoms. The lowest BCUT2D eigenvalue weighted by Crippen LogP contribution is -2.63. The summed E-state index contributed by atoms with van der Waals surface area (Å²) >= 11 is 0. The van der Waals surface area contributed by atoms with E-state index >= 15 is 4.39 Å². The van der Waals surface area contributed by atoms with Crippen LogP contribution in [0.2, 0.25) is 0 Å². The number of alkyl halides is 3. The average molecular weight is 673 g/mol. The maximum Gasteiger partial charge on any atom is 0.431 e. The van der Waals surface area contributed by atoms with Crippen molar-refractivity contribution in [2.75, 3.05) is 13.6 Å². The van der Waals surface area contributed by atoms with Gasteiger partial charge in [0.2, 0.25) is 0 Å². The van der Waals surface area contributed by atoms with Crippen LogP contribution in [-0.2, 0) is 11.8 Å².